The second-order valence-electron chi connectivity index (χ2n) is 16.5. The minimum atomic E-state index is -2.35. The van der Waals surface area contributed by atoms with Crippen LogP contribution in [0.3, 0.4) is 0 Å². The fourth-order valence-electron chi connectivity index (χ4n) is 7.15. The Morgan fingerprint density at radius 1 is 0.707 bits per heavy atom. The first-order chi connectivity index (χ1) is 29.4. The quantitative estimate of drug-likeness (QED) is 0.123. The summed E-state index contributed by atoms with van der Waals surface area (Å²) >= 11 is -2.35. The van der Waals surface area contributed by atoms with Crippen molar-refractivity contribution in [2.75, 3.05) is 0 Å². The fourth-order valence-corrected chi connectivity index (χ4v) is 10.1. The number of hydrogen-bond acceptors (Lipinski definition) is 3. The number of benzene rings is 6. The van der Waals surface area contributed by atoms with Gasteiger partial charge in [-0.25, -0.2) is 0 Å². The summed E-state index contributed by atoms with van der Waals surface area (Å²) in [6.07, 6.45) is 1.99. The Balaban J connectivity index is 0.000000188. The number of fused-ring (bicyclic) bond motifs is 5. The van der Waals surface area contributed by atoms with E-state index in [-0.39, 0.29) is 31.1 Å². The van der Waals surface area contributed by atoms with Gasteiger partial charge < -0.3 is 9.40 Å². The molecular formula is C53H48GeIrN2O-2. The molecule has 9 rings (SSSR count). The van der Waals surface area contributed by atoms with Gasteiger partial charge in [-0.15, -0.1) is 23.8 Å². The summed E-state index contributed by atoms with van der Waals surface area (Å²) in [7, 11) is 0. The predicted molar refractivity (Wildman–Crippen MR) is 243 cm³/mol. The molecule has 0 aliphatic rings. The average molecular weight is 999 g/mol. The molecule has 0 aliphatic heterocycles. The molecule has 58 heavy (non-hydrogen) atoms. The first kappa shape index (κ1) is 34.9. The Labute approximate surface area is 366 Å². The maximum absolute atomic E-state index is 8.99. The van der Waals surface area contributed by atoms with E-state index in [0.29, 0.717) is 16.8 Å². The van der Waals surface area contributed by atoms with Crippen molar-refractivity contribution in [1.29, 1.82) is 0 Å². The molecule has 3 heterocycles. The molecule has 1 radical (unpaired) electrons. The minimum Gasteiger partial charge on any atom is 0 e. The largest absolute Gasteiger partial charge is 0 e. The predicted octanol–water partition coefficient (Wildman–Crippen LogP) is 13.6. The zero-order valence-electron chi connectivity index (χ0n) is 38.6. The molecule has 3 nitrogen and oxygen atoms in total. The van der Waals surface area contributed by atoms with Crippen LogP contribution in [0.15, 0.2) is 156 Å². The Bertz CT molecular complexity index is 3060. The minimum absolute atomic E-state index is 0. The molecule has 0 unspecified atom stereocenters. The van der Waals surface area contributed by atoms with E-state index in [1.165, 1.54) is 5.56 Å². The topological polar surface area (TPSA) is 38.9 Å². The van der Waals surface area contributed by atoms with E-state index in [0.717, 1.165) is 65.1 Å². The number of aryl methyl sites for hydroxylation is 1. The molecule has 0 atom stereocenters. The van der Waals surface area contributed by atoms with Crippen LogP contribution in [0.1, 0.15) is 49.9 Å². The number of rotatable bonds is 6. The van der Waals surface area contributed by atoms with Crippen molar-refractivity contribution in [3.63, 3.8) is 0 Å². The van der Waals surface area contributed by atoms with Crippen molar-refractivity contribution in [1.82, 2.24) is 9.97 Å². The molecule has 0 aliphatic carbocycles. The van der Waals surface area contributed by atoms with Gasteiger partial charge in [-0.05, 0) is 40.5 Å². The van der Waals surface area contributed by atoms with Gasteiger partial charge >= 0.3 is 170 Å². The third-order valence-corrected chi connectivity index (χ3v) is 14.5. The number of pyridine rings is 2. The zero-order valence-corrected chi connectivity index (χ0v) is 38.1. The van der Waals surface area contributed by atoms with Crippen LogP contribution < -0.4 is 4.40 Å². The van der Waals surface area contributed by atoms with Crippen molar-refractivity contribution >= 4 is 50.4 Å². The third-order valence-electron chi connectivity index (χ3n) is 10.3. The molecule has 0 spiro atoms. The van der Waals surface area contributed by atoms with Crippen LogP contribution in [0.25, 0.3) is 66.4 Å². The van der Waals surface area contributed by atoms with Crippen molar-refractivity contribution < 1.29 is 31.4 Å². The van der Waals surface area contributed by atoms with Gasteiger partial charge in [-0.1, -0.05) is 72.1 Å². The van der Waals surface area contributed by atoms with Crippen LogP contribution in [0.5, 0.6) is 0 Å². The van der Waals surface area contributed by atoms with Crippen LogP contribution in [0.4, 0.5) is 0 Å². The normalized spacial score (nSPS) is 13.4. The molecule has 0 fully saturated rings. The Morgan fingerprint density at radius 2 is 1.40 bits per heavy atom. The molecule has 0 bridgehead atoms. The number of furan rings is 1. The molecule has 3 aromatic heterocycles. The van der Waals surface area contributed by atoms with E-state index in [9.17, 15) is 0 Å². The Kier molecular flexibility index (Phi) is 10.2. The molecule has 5 heteroatoms. The van der Waals surface area contributed by atoms with E-state index >= 15 is 0 Å². The van der Waals surface area contributed by atoms with E-state index in [4.69, 9.17) is 16.3 Å². The summed E-state index contributed by atoms with van der Waals surface area (Å²) in [4.78, 5) is 9.38. The fraction of sp³-hybridized carbons (Fsp3) is 0.170. The summed E-state index contributed by atoms with van der Waals surface area (Å²) in [6.45, 7) is 4.30. The molecule has 291 valence electrons. The van der Waals surface area contributed by atoms with Gasteiger partial charge in [0.25, 0.3) is 0 Å². The van der Waals surface area contributed by atoms with Crippen LogP contribution in [-0.2, 0) is 31.9 Å². The summed E-state index contributed by atoms with van der Waals surface area (Å²) in [5.41, 5.74) is 8.92. The van der Waals surface area contributed by atoms with Crippen LogP contribution in [0.2, 0.25) is 17.3 Å². The number of aromatic nitrogens is 2. The molecule has 0 N–H and O–H groups in total. The van der Waals surface area contributed by atoms with E-state index in [1.807, 2.05) is 103 Å². The molecule has 0 amide bonds. The van der Waals surface area contributed by atoms with Gasteiger partial charge in [0.1, 0.15) is 5.58 Å². The summed E-state index contributed by atoms with van der Waals surface area (Å²) in [5.74, 6) is 6.86. The Morgan fingerprint density at radius 3 is 2.14 bits per heavy atom. The zero-order chi connectivity index (χ0) is 44.0. The van der Waals surface area contributed by atoms with Crippen LogP contribution in [0, 0.1) is 19.0 Å². The van der Waals surface area contributed by atoms with Crippen molar-refractivity contribution in [2.45, 2.75) is 56.7 Å². The average Bonchev–Trinajstić information content (AvgIpc) is 3.65. The van der Waals surface area contributed by atoms with Crippen molar-refractivity contribution in [3.8, 4) is 33.6 Å². The van der Waals surface area contributed by atoms with Gasteiger partial charge in [0.05, 0.1) is 5.58 Å². The second-order valence-corrected chi connectivity index (χ2v) is 27.0. The van der Waals surface area contributed by atoms with E-state index in [2.05, 4.69) is 85.5 Å². The van der Waals surface area contributed by atoms with Gasteiger partial charge in [0, 0.05) is 41.4 Å². The summed E-state index contributed by atoms with van der Waals surface area (Å²) in [6, 6.07) is 51.3. The maximum Gasteiger partial charge on any atom is 0 e. The monoisotopic (exact) mass is 1000 g/mol. The summed E-state index contributed by atoms with van der Waals surface area (Å²) in [5, 5.41) is 4.24. The standard InChI is InChI=1S/C28H18NO.C25H30GeN.Ir/c1-18-15-25(29-17-24(18)19-7-3-2-4-8-19)21-12-13-26-23(16-21)28-22-10-6-5-9-20(22)11-14-27(28)30-26;1-25(2,3)22-14-10-13-20(16-22)24-17-21(15-19-11-8-7-9-12-19)23(18-27-24)26(4,5)6;/h2-11,13-17H,1H3;7-12,14,16-18H,15H2,1-6H3;/q2*-1;/i1D3;15D2;. The first-order valence-corrected chi connectivity index (χ1v) is 26.6. The van der Waals surface area contributed by atoms with Gasteiger partial charge in [0.15, 0.2) is 0 Å². The summed E-state index contributed by atoms with van der Waals surface area (Å²) < 4.78 is 49.5. The maximum atomic E-state index is 8.99. The van der Waals surface area contributed by atoms with Gasteiger partial charge in [-0.2, -0.15) is 0 Å². The second kappa shape index (κ2) is 17.0. The Hall–Kier alpha value is -5.13. The van der Waals surface area contributed by atoms with E-state index in [1.54, 1.807) is 18.3 Å². The van der Waals surface area contributed by atoms with Gasteiger partial charge in [-0.3, -0.25) is 0 Å². The molecule has 6 aromatic carbocycles. The van der Waals surface area contributed by atoms with Crippen LogP contribution >= 0.6 is 0 Å². The SMILES string of the molecule is [2H]C([2H])([2H])c1cc(-c2[c-]cc3oc4ccc5ccccc5c4c3c2)ncc1-c1ccccc1.[2H]C([2H])(c1ccccc1)c1cc(-c2[c-]ccc(C(C)(C)C)c2)nc[c]1[Ge]([CH3])([CH3])[CH3].[Ir]. The number of hydrogen-bond donors (Lipinski definition) is 0. The third kappa shape index (κ3) is 8.81. The molecule has 0 saturated carbocycles. The smallest absolute Gasteiger partial charge is 0 e. The van der Waals surface area contributed by atoms with Gasteiger partial charge in [0.2, 0.25) is 0 Å². The molecule has 0 saturated heterocycles. The first-order valence-electron chi connectivity index (χ1n) is 21.8. The molecule has 9 aromatic rings. The van der Waals surface area contributed by atoms with E-state index < -0.39 is 26.5 Å². The molecular weight excluding hydrogens is 945 g/mol. The van der Waals surface area contributed by atoms with Crippen LogP contribution in [-0.4, -0.2) is 23.2 Å². The van der Waals surface area contributed by atoms with Crippen molar-refractivity contribution in [2.24, 2.45) is 0 Å². The number of nitrogens with zero attached hydrogens (tertiary/aromatic N) is 2. The van der Waals surface area contributed by atoms with Crippen molar-refractivity contribution in [3.05, 3.63) is 186 Å².